The number of nitrogens with one attached hydrogen (secondary N) is 1. The molecule has 0 aliphatic rings. The number of methoxy groups -OCH3 is 1. The second-order valence-corrected chi connectivity index (χ2v) is 6.10. The lowest BCUT2D eigenvalue weighted by Crippen LogP contribution is -2.34. The van der Waals surface area contributed by atoms with Crippen molar-refractivity contribution in [2.75, 3.05) is 45.7 Å². The van der Waals surface area contributed by atoms with E-state index in [1.54, 1.807) is 12.0 Å². The van der Waals surface area contributed by atoms with E-state index in [9.17, 15) is 9.59 Å². The van der Waals surface area contributed by atoms with Gasteiger partial charge in [-0.05, 0) is 51.7 Å². The first kappa shape index (κ1) is 20.0. The number of carbonyl (C=O) groups is 2. The van der Waals surface area contributed by atoms with Crippen molar-refractivity contribution in [3.63, 3.8) is 0 Å². The van der Waals surface area contributed by atoms with Crippen LogP contribution >= 0.6 is 0 Å². The topological polar surface area (TPSA) is 61.9 Å². The molecule has 1 N–H and O–H groups in total. The number of hydrogen-bond acceptors (Lipinski definition) is 4. The first-order valence-electron chi connectivity index (χ1n) is 8.19. The summed E-state index contributed by atoms with van der Waals surface area (Å²) in [6, 6.07) is 5.66. The lowest BCUT2D eigenvalue weighted by molar-refractivity contribution is -0.121. The lowest BCUT2D eigenvalue weighted by Gasteiger charge is -2.23. The van der Waals surface area contributed by atoms with Gasteiger partial charge in [-0.15, -0.1) is 0 Å². The fourth-order valence-corrected chi connectivity index (χ4v) is 2.38. The van der Waals surface area contributed by atoms with Crippen LogP contribution in [0.5, 0.6) is 5.75 Å². The molecule has 0 saturated heterocycles. The van der Waals surface area contributed by atoms with E-state index < -0.39 is 0 Å². The molecule has 0 aliphatic heterocycles. The molecule has 0 heterocycles. The number of carbonyl (C=O) groups excluding carboxylic acids is 2. The number of rotatable bonds is 9. The van der Waals surface area contributed by atoms with Crippen molar-refractivity contribution in [3.05, 3.63) is 23.8 Å². The number of nitrogens with zero attached hydrogens (tertiary/aromatic N) is 2. The maximum Gasteiger partial charge on any atom is 0.223 e. The van der Waals surface area contributed by atoms with Crippen LogP contribution in [0.2, 0.25) is 0 Å². The van der Waals surface area contributed by atoms with Crippen LogP contribution in [0.4, 0.5) is 5.69 Å². The van der Waals surface area contributed by atoms with E-state index in [2.05, 4.69) is 10.2 Å². The van der Waals surface area contributed by atoms with Crippen molar-refractivity contribution in [3.8, 4) is 5.75 Å². The zero-order valence-corrected chi connectivity index (χ0v) is 15.4. The monoisotopic (exact) mass is 335 g/mol. The van der Waals surface area contributed by atoms with E-state index in [0.717, 1.165) is 18.5 Å². The number of ether oxygens (including phenoxy) is 1. The van der Waals surface area contributed by atoms with Crippen LogP contribution in [0, 0.1) is 6.92 Å². The summed E-state index contributed by atoms with van der Waals surface area (Å²) >= 11 is 0. The fourth-order valence-electron chi connectivity index (χ4n) is 2.38. The summed E-state index contributed by atoms with van der Waals surface area (Å²) < 4.78 is 5.34. The molecule has 0 spiro atoms. The molecule has 0 radical (unpaired) electrons. The smallest absolute Gasteiger partial charge is 0.223 e. The Morgan fingerprint density at radius 2 is 1.92 bits per heavy atom. The van der Waals surface area contributed by atoms with Crippen molar-refractivity contribution in [2.45, 2.75) is 26.7 Å². The Morgan fingerprint density at radius 1 is 1.21 bits per heavy atom. The number of aryl methyl sites for hydroxylation is 1. The fraction of sp³-hybridized carbons (Fsp3) is 0.556. The van der Waals surface area contributed by atoms with Gasteiger partial charge in [-0.3, -0.25) is 9.59 Å². The molecule has 0 atom stereocenters. The van der Waals surface area contributed by atoms with E-state index in [1.807, 2.05) is 39.2 Å². The molecule has 0 aliphatic carbocycles. The van der Waals surface area contributed by atoms with Crippen molar-refractivity contribution < 1.29 is 14.3 Å². The highest BCUT2D eigenvalue weighted by atomic mass is 16.5. The second-order valence-electron chi connectivity index (χ2n) is 6.10. The van der Waals surface area contributed by atoms with Crippen LogP contribution in [-0.2, 0) is 9.59 Å². The van der Waals surface area contributed by atoms with Crippen LogP contribution in [0.1, 0.15) is 25.3 Å². The van der Waals surface area contributed by atoms with Crippen molar-refractivity contribution in [2.24, 2.45) is 0 Å². The van der Waals surface area contributed by atoms with Gasteiger partial charge >= 0.3 is 0 Å². The van der Waals surface area contributed by atoms with Crippen molar-refractivity contribution in [1.29, 1.82) is 0 Å². The Kier molecular flexibility index (Phi) is 8.26. The molecule has 134 valence electrons. The molecule has 6 nitrogen and oxygen atoms in total. The number of benzene rings is 1. The summed E-state index contributed by atoms with van der Waals surface area (Å²) in [5.74, 6) is 0.466. The van der Waals surface area contributed by atoms with Gasteiger partial charge in [-0.1, -0.05) is 6.07 Å². The third-order valence-corrected chi connectivity index (χ3v) is 3.67. The first-order chi connectivity index (χ1) is 11.3. The minimum absolute atomic E-state index is 0.0494. The van der Waals surface area contributed by atoms with Crippen LogP contribution in [-0.4, -0.2) is 57.6 Å². The number of anilines is 1. The van der Waals surface area contributed by atoms with E-state index in [0.29, 0.717) is 24.5 Å². The normalized spacial score (nSPS) is 10.6. The van der Waals surface area contributed by atoms with Gasteiger partial charge < -0.3 is 19.9 Å². The largest absolute Gasteiger partial charge is 0.495 e. The predicted octanol–water partition coefficient (Wildman–Crippen LogP) is 1.81. The Hall–Kier alpha value is -2.08. The summed E-state index contributed by atoms with van der Waals surface area (Å²) in [6.07, 6.45) is 1.17. The molecule has 0 fully saturated rings. The van der Waals surface area contributed by atoms with Crippen molar-refractivity contribution in [1.82, 2.24) is 10.2 Å². The second kappa shape index (κ2) is 9.93. The molecule has 24 heavy (non-hydrogen) atoms. The van der Waals surface area contributed by atoms with E-state index in [4.69, 9.17) is 4.74 Å². The molecule has 0 bridgehead atoms. The van der Waals surface area contributed by atoms with Gasteiger partial charge in [-0.25, -0.2) is 0 Å². The van der Waals surface area contributed by atoms with Gasteiger partial charge in [0.25, 0.3) is 0 Å². The quantitative estimate of drug-likeness (QED) is 0.699. The van der Waals surface area contributed by atoms with E-state index in [1.165, 1.54) is 6.92 Å². The molecule has 1 rings (SSSR count). The Morgan fingerprint density at radius 3 is 2.50 bits per heavy atom. The predicted molar refractivity (Wildman–Crippen MR) is 96.6 cm³/mol. The lowest BCUT2D eigenvalue weighted by atomic mass is 10.1. The highest BCUT2D eigenvalue weighted by molar-refractivity contribution is 5.94. The first-order valence-corrected chi connectivity index (χ1v) is 8.19. The summed E-state index contributed by atoms with van der Waals surface area (Å²) in [4.78, 5) is 27.6. The molecule has 6 heteroatoms. The molecule has 2 amide bonds. The third kappa shape index (κ3) is 6.58. The molecule has 0 unspecified atom stereocenters. The molecule has 1 aromatic carbocycles. The summed E-state index contributed by atoms with van der Waals surface area (Å²) in [5.41, 5.74) is 1.73. The van der Waals surface area contributed by atoms with Gasteiger partial charge in [0.1, 0.15) is 5.75 Å². The third-order valence-electron chi connectivity index (χ3n) is 3.67. The summed E-state index contributed by atoms with van der Waals surface area (Å²) in [6.45, 7) is 5.36. The Labute approximate surface area is 144 Å². The Bertz CT molecular complexity index is 558. The minimum atomic E-state index is -0.112. The molecule has 0 saturated carbocycles. The zero-order valence-electron chi connectivity index (χ0n) is 15.4. The van der Waals surface area contributed by atoms with Crippen molar-refractivity contribution >= 4 is 17.5 Å². The molecule has 1 aromatic rings. The number of hydrogen-bond donors (Lipinski definition) is 1. The standard InChI is InChI=1S/C18H29N3O3/c1-14-7-8-17(24-5)16(13-14)21(15(2)22)12-9-18(23)19-10-6-11-20(3)4/h7-8,13H,6,9-12H2,1-5H3,(H,19,23). The maximum absolute atomic E-state index is 12.0. The summed E-state index contributed by atoms with van der Waals surface area (Å²) in [7, 11) is 5.58. The highest BCUT2D eigenvalue weighted by Gasteiger charge is 2.17. The van der Waals surface area contributed by atoms with Crippen LogP contribution in [0.3, 0.4) is 0 Å². The Balaban J connectivity index is 2.63. The maximum atomic E-state index is 12.0. The van der Waals surface area contributed by atoms with Crippen LogP contribution < -0.4 is 15.0 Å². The van der Waals surface area contributed by atoms with Gasteiger partial charge in [0.05, 0.1) is 12.8 Å². The SMILES string of the molecule is COc1ccc(C)cc1N(CCC(=O)NCCCN(C)C)C(C)=O. The average molecular weight is 335 g/mol. The average Bonchev–Trinajstić information content (AvgIpc) is 2.51. The van der Waals surface area contributed by atoms with Gasteiger partial charge in [0.15, 0.2) is 0 Å². The van der Waals surface area contributed by atoms with Crippen LogP contribution in [0.25, 0.3) is 0 Å². The van der Waals surface area contributed by atoms with E-state index >= 15 is 0 Å². The highest BCUT2D eigenvalue weighted by Crippen LogP contribution is 2.29. The van der Waals surface area contributed by atoms with Gasteiger partial charge in [-0.2, -0.15) is 0 Å². The number of amides is 2. The molecule has 0 aromatic heterocycles. The van der Waals surface area contributed by atoms with Gasteiger partial charge in [0.2, 0.25) is 11.8 Å². The molecular formula is C18H29N3O3. The van der Waals surface area contributed by atoms with E-state index in [-0.39, 0.29) is 18.2 Å². The summed E-state index contributed by atoms with van der Waals surface area (Å²) in [5, 5.41) is 2.89. The minimum Gasteiger partial charge on any atom is -0.495 e. The molecular weight excluding hydrogens is 306 g/mol. The van der Waals surface area contributed by atoms with Gasteiger partial charge in [0, 0.05) is 26.4 Å². The zero-order chi connectivity index (χ0) is 18.1. The van der Waals surface area contributed by atoms with Crippen LogP contribution in [0.15, 0.2) is 18.2 Å².